The number of hydrogen-bond acceptors (Lipinski definition) is 3. The van der Waals surface area contributed by atoms with Gasteiger partial charge in [0.1, 0.15) is 11.6 Å². The minimum absolute atomic E-state index is 0.175. The number of carbonyl (C=O) groups is 1. The first-order chi connectivity index (χ1) is 11.7. The lowest BCUT2D eigenvalue weighted by Gasteiger charge is -2.20. The van der Waals surface area contributed by atoms with Crippen LogP contribution in [0.3, 0.4) is 0 Å². The molecule has 128 valence electrons. The van der Waals surface area contributed by atoms with Crippen molar-refractivity contribution in [2.45, 2.75) is 37.4 Å². The zero-order valence-corrected chi connectivity index (χ0v) is 15.5. The lowest BCUT2D eigenvalue weighted by Crippen LogP contribution is -2.42. The maximum absolute atomic E-state index is 13.2. The Bertz CT molecular complexity index is 719. The average Bonchev–Trinajstić information content (AvgIpc) is 3.33. The highest BCUT2D eigenvalue weighted by Crippen LogP contribution is 2.29. The topological polar surface area (TPSA) is 54.3 Å². The third-order valence-electron chi connectivity index (χ3n) is 4.56. The van der Waals surface area contributed by atoms with Gasteiger partial charge in [0.05, 0.1) is 0 Å². The predicted octanol–water partition coefficient (Wildman–Crippen LogP) is 3.76. The minimum atomic E-state index is -0.326. The summed E-state index contributed by atoms with van der Waals surface area (Å²) in [4.78, 5) is 14.3. The van der Waals surface area contributed by atoms with Crippen LogP contribution in [0, 0.1) is 5.82 Å². The first-order valence-electron chi connectivity index (χ1n) is 7.99. The smallest absolute Gasteiger partial charge is 0.287 e. The molecule has 0 radical (unpaired) electrons. The molecule has 4 nitrogen and oxygen atoms in total. The summed E-state index contributed by atoms with van der Waals surface area (Å²) >= 11 is 2.15. The van der Waals surface area contributed by atoms with Crippen LogP contribution in [0.15, 0.2) is 40.8 Å². The molecule has 0 aliphatic carbocycles. The average molecular weight is 442 g/mol. The molecule has 1 amide bonds. The molecule has 2 fully saturated rings. The second-order valence-electron chi connectivity index (χ2n) is 6.04. The molecule has 0 saturated carbocycles. The molecule has 2 N–H and O–H groups in total. The van der Waals surface area contributed by atoms with Crippen LogP contribution in [-0.2, 0) is 0 Å². The van der Waals surface area contributed by atoms with Crippen molar-refractivity contribution in [1.82, 2.24) is 10.6 Å². The number of furan rings is 1. The van der Waals surface area contributed by atoms with Crippen molar-refractivity contribution in [2.24, 2.45) is 0 Å². The fourth-order valence-corrected chi connectivity index (χ4v) is 3.48. The van der Waals surface area contributed by atoms with Crippen LogP contribution in [0.4, 0.5) is 4.39 Å². The number of fused-ring (bicyclic) bond motifs is 2. The summed E-state index contributed by atoms with van der Waals surface area (Å²) in [6.07, 6.45) is 3.29. The molecule has 1 aromatic heterocycles. The molecule has 2 unspecified atom stereocenters. The van der Waals surface area contributed by atoms with E-state index < -0.39 is 0 Å². The molecule has 24 heavy (non-hydrogen) atoms. The summed E-state index contributed by atoms with van der Waals surface area (Å²) in [5.74, 6) is 0.229. The van der Waals surface area contributed by atoms with Crippen LogP contribution in [0.25, 0.3) is 11.3 Å². The van der Waals surface area contributed by atoms with Crippen molar-refractivity contribution >= 4 is 28.5 Å². The van der Waals surface area contributed by atoms with Gasteiger partial charge in [-0.15, -0.1) is 0 Å². The quantitative estimate of drug-likeness (QED) is 0.563. The Labute approximate surface area is 154 Å². The van der Waals surface area contributed by atoms with E-state index in [-0.39, 0.29) is 23.5 Å². The van der Waals surface area contributed by atoms with Crippen molar-refractivity contribution in [1.29, 1.82) is 0 Å². The van der Waals surface area contributed by atoms with Crippen molar-refractivity contribution in [3.05, 3.63) is 48.0 Å². The monoisotopic (exact) mass is 442 g/mol. The number of nitrogens with one attached hydrogen (secondary N) is 2. The van der Waals surface area contributed by atoms with E-state index in [0.717, 1.165) is 12.8 Å². The zero-order chi connectivity index (χ0) is 17.1. The van der Waals surface area contributed by atoms with Crippen LogP contribution in [0.2, 0.25) is 0 Å². The number of carbonyl (C=O) groups excluding carboxylic acids is 1. The Morgan fingerprint density at radius 3 is 2.79 bits per heavy atom. The highest BCUT2D eigenvalue weighted by molar-refractivity contribution is 14.1. The number of benzene rings is 1. The fraction of sp³-hybridized carbons (Fsp3) is 0.389. The van der Waals surface area contributed by atoms with Gasteiger partial charge in [0.25, 0.3) is 5.91 Å². The van der Waals surface area contributed by atoms with Gasteiger partial charge in [-0.2, -0.15) is 0 Å². The van der Waals surface area contributed by atoms with Crippen LogP contribution >= 0.6 is 22.6 Å². The van der Waals surface area contributed by atoms with Gasteiger partial charge >= 0.3 is 0 Å². The molecule has 0 spiro atoms. The standard InChI is InChI=1S/C17H17FN2O2.CH3I/c18-11-3-1-2-10(8-11)15-6-7-16(22-15)17(21)20-14-9-12-4-5-13(14)19-12;1-2/h1-3,6-8,12-14,19H,4-5,9H2,(H,20,21);1H3/t12?,13?,14-;/m1./s1. The first-order valence-corrected chi connectivity index (χ1v) is 10.2. The summed E-state index contributed by atoms with van der Waals surface area (Å²) in [7, 11) is 0. The van der Waals surface area contributed by atoms with Crippen molar-refractivity contribution in [3.8, 4) is 11.3 Å². The molecule has 2 aliphatic heterocycles. The largest absolute Gasteiger partial charge is 0.451 e. The molecule has 2 bridgehead atoms. The number of amides is 1. The highest BCUT2D eigenvalue weighted by Gasteiger charge is 2.39. The van der Waals surface area contributed by atoms with Gasteiger partial charge in [0, 0.05) is 23.7 Å². The predicted molar refractivity (Wildman–Crippen MR) is 99.9 cm³/mol. The zero-order valence-electron chi connectivity index (χ0n) is 13.4. The molecule has 2 aromatic rings. The summed E-state index contributed by atoms with van der Waals surface area (Å²) < 4.78 is 18.8. The highest BCUT2D eigenvalue weighted by atomic mass is 127. The van der Waals surface area contributed by atoms with Gasteiger partial charge in [-0.25, -0.2) is 4.39 Å². The maximum Gasteiger partial charge on any atom is 0.287 e. The van der Waals surface area contributed by atoms with Crippen LogP contribution < -0.4 is 10.6 Å². The molecule has 3 atom stereocenters. The normalized spacial score (nSPS) is 24.4. The Hall–Kier alpha value is -1.41. The van der Waals surface area contributed by atoms with E-state index in [1.165, 1.54) is 18.6 Å². The van der Waals surface area contributed by atoms with Crippen molar-refractivity contribution in [3.63, 3.8) is 0 Å². The number of halogens is 2. The second kappa shape index (κ2) is 7.65. The molecule has 3 heterocycles. The van der Waals surface area contributed by atoms with Crippen LogP contribution in [-0.4, -0.2) is 29.0 Å². The lowest BCUT2D eigenvalue weighted by atomic mass is 9.95. The van der Waals surface area contributed by atoms with E-state index >= 15 is 0 Å². The number of hydrogen-bond donors (Lipinski definition) is 2. The molecule has 4 rings (SSSR count). The van der Waals surface area contributed by atoms with Gasteiger partial charge in [0.15, 0.2) is 5.76 Å². The number of rotatable bonds is 3. The summed E-state index contributed by atoms with van der Waals surface area (Å²) in [5.41, 5.74) is 0.626. The molecule has 2 saturated heterocycles. The van der Waals surface area contributed by atoms with Gasteiger partial charge in [-0.1, -0.05) is 34.7 Å². The summed E-state index contributed by atoms with van der Waals surface area (Å²) in [5, 5.41) is 6.52. The molecule has 1 aromatic carbocycles. The van der Waals surface area contributed by atoms with Gasteiger partial charge < -0.3 is 15.1 Å². The first kappa shape index (κ1) is 17.4. The van der Waals surface area contributed by atoms with E-state index in [1.54, 1.807) is 24.3 Å². The second-order valence-corrected chi connectivity index (χ2v) is 6.04. The van der Waals surface area contributed by atoms with Crippen molar-refractivity contribution < 1.29 is 13.6 Å². The lowest BCUT2D eigenvalue weighted by molar-refractivity contribution is 0.0903. The summed E-state index contributed by atoms with van der Waals surface area (Å²) in [6.45, 7) is 0. The van der Waals surface area contributed by atoms with Gasteiger partial charge in [-0.3, -0.25) is 4.79 Å². The van der Waals surface area contributed by atoms with E-state index in [1.807, 2.05) is 4.93 Å². The minimum Gasteiger partial charge on any atom is -0.451 e. The van der Waals surface area contributed by atoms with Crippen molar-refractivity contribution in [2.75, 3.05) is 4.93 Å². The third-order valence-corrected chi connectivity index (χ3v) is 4.56. The molecule has 2 aliphatic rings. The van der Waals surface area contributed by atoms with Gasteiger partial charge in [-0.05, 0) is 48.5 Å². The summed E-state index contributed by atoms with van der Waals surface area (Å²) in [6, 6.07) is 10.6. The Morgan fingerprint density at radius 1 is 1.29 bits per heavy atom. The fourth-order valence-electron chi connectivity index (χ4n) is 3.48. The SMILES string of the molecule is CI.O=C(N[C@@H]1CC2CCC1N2)c1ccc(-c2cccc(F)c2)o1. The van der Waals surface area contributed by atoms with Crippen LogP contribution in [0.5, 0.6) is 0 Å². The Morgan fingerprint density at radius 2 is 2.12 bits per heavy atom. The maximum atomic E-state index is 13.2. The Balaban J connectivity index is 0.000000815. The van der Waals surface area contributed by atoms with Crippen LogP contribution in [0.1, 0.15) is 29.8 Å². The Kier molecular flexibility index (Phi) is 5.55. The van der Waals surface area contributed by atoms with E-state index in [9.17, 15) is 9.18 Å². The molecular formula is C18H20FIN2O2. The van der Waals surface area contributed by atoms with Gasteiger partial charge in [0.2, 0.25) is 0 Å². The molecular weight excluding hydrogens is 422 g/mol. The third kappa shape index (κ3) is 3.64. The van der Waals surface area contributed by atoms with E-state index in [2.05, 4.69) is 33.2 Å². The molecule has 6 heteroatoms. The van der Waals surface area contributed by atoms with E-state index in [4.69, 9.17) is 4.42 Å². The number of alkyl halides is 1. The van der Waals surface area contributed by atoms with E-state index in [0.29, 0.717) is 23.4 Å².